The van der Waals surface area contributed by atoms with Gasteiger partial charge in [-0.1, -0.05) is 0 Å². The third-order valence-corrected chi connectivity index (χ3v) is 1.75. The van der Waals surface area contributed by atoms with E-state index in [9.17, 15) is 9.18 Å². The molecule has 0 aliphatic carbocycles. The van der Waals surface area contributed by atoms with Crippen LogP contribution < -0.4 is 0 Å². The number of aromatic nitrogens is 1. The Morgan fingerprint density at radius 2 is 2.47 bits per heavy atom. The molecule has 1 aromatic rings. The first-order chi connectivity index (χ1) is 7.19. The lowest BCUT2D eigenvalue weighted by atomic mass is 10.1. The molecule has 0 aliphatic heterocycles. The molecular formula is C10H9FN2O2. The van der Waals surface area contributed by atoms with Gasteiger partial charge in [-0.15, -0.1) is 0 Å². The van der Waals surface area contributed by atoms with Crippen LogP contribution in [0.5, 0.6) is 0 Å². The molecule has 15 heavy (non-hydrogen) atoms. The fourth-order valence-electron chi connectivity index (χ4n) is 1.01. The number of carbonyl (C=O) groups is 1. The van der Waals surface area contributed by atoms with Crippen LogP contribution in [0.25, 0.3) is 0 Å². The van der Waals surface area contributed by atoms with E-state index in [4.69, 9.17) is 5.26 Å². The summed E-state index contributed by atoms with van der Waals surface area (Å²) in [5.74, 6) is -0.658. The van der Waals surface area contributed by atoms with Crippen molar-refractivity contribution in [3.8, 4) is 6.07 Å². The molecule has 0 fully saturated rings. The summed E-state index contributed by atoms with van der Waals surface area (Å²) in [6.45, 7) is 0.610. The fourth-order valence-corrected chi connectivity index (χ4v) is 1.01. The molecule has 0 spiro atoms. The number of halogens is 1. The summed E-state index contributed by atoms with van der Waals surface area (Å²) in [6.07, 6.45) is 1.36. The van der Waals surface area contributed by atoms with Crippen molar-refractivity contribution in [1.82, 2.24) is 4.98 Å². The molecule has 1 aromatic heterocycles. The number of hydrogen-bond donors (Lipinski definition) is 0. The van der Waals surface area contributed by atoms with E-state index in [1.807, 2.05) is 6.07 Å². The number of alkyl halides is 1. The van der Waals surface area contributed by atoms with E-state index in [1.165, 1.54) is 12.3 Å². The molecule has 78 valence electrons. The number of esters is 1. The Hall–Kier alpha value is -1.96. The van der Waals surface area contributed by atoms with Crippen molar-refractivity contribution in [3.05, 3.63) is 29.1 Å². The van der Waals surface area contributed by atoms with E-state index in [2.05, 4.69) is 9.72 Å². The predicted molar refractivity (Wildman–Crippen MR) is 49.9 cm³/mol. The summed E-state index contributed by atoms with van der Waals surface area (Å²) in [4.78, 5) is 15.2. The van der Waals surface area contributed by atoms with E-state index >= 15 is 0 Å². The second kappa shape index (κ2) is 5.05. The second-order valence-corrected chi connectivity index (χ2v) is 2.79. The smallest absolute Gasteiger partial charge is 0.340 e. The molecule has 0 aromatic carbocycles. The molecule has 0 N–H and O–H groups in total. The highest BCUT2D eigenvalue weighted by Crippen LogP contribution is 2.09. The van der Waals surface area contributed by atoms with Gasteiger partial charge in [0.05, 0.1) is 16.8 Å². The molecule has 4 nitrogen and oxygen atoms in total. The van der Waals surface area contributed by atoms with Gasteiger partial charge in [0.1, 0.15) is 19.4 Å². The molecule has 1 rings (SSSR count). The Bertz CT molecular complexity index is 412. The van der Waals surface area contributed by atoms with Crippen LogP contribution in [0, 0.1) is 18.3 Å². The summed E-state index contributed by atoms with van der Waals surface area (Å²) in [5.41, 5.74) is 0.924. The van der Waals surface area contributed by atoms with Crippen molar-refractivity contribution in [3.63, 3.8) is 0 Å². The molecule has 0 unspecified atom stereocenters. The first-order valence-corrected chi connectivity index (χ1v) is 4.29. The van der Waals surface area contributed by atoms with Gasteiger partial charge in [0.2, 0.25) is 0 Å². The number of nitriles is 1. The zero-order chi connectivity index (χ0) is 11.3. The molecule has 0 saturated carbocycles. The van der Waals surface area contributed by atoms with Gasteiger partial charge in [-0.2, -0.15) is 5.26 Å². The van der Waals surface area contributed by atoms with Crippen LogP contribution in [0.15, 0.2) is 12.3 Å². The summed E-state index contributed by atoms with van der Waals surface area (Å²) < 4.78 is 16.4. The fraction of sp³-hybridized carbons (Fsp3) is 0.300. The van der Waals surface area contributed by atoms with E-state index in [0.717, 1.165) is 0 Å². The van der Waals surface area contributed by atoms with Gasteiger partial charge in [-0.05, 0) is 13.0 Å². The average molecular weight is 208 g/mol. The van der Waals surface area contributed by atoms with Crippen molar-refractivity contribution in [2.45, 2.75) is 6.92 Å². The van der Waals surface area contributed by atoms with Gasteiger partial charge in [0.25, 0.3) is 0 Å². The van der Waals surface area contributed by atoms with Crippen molar-refractivity contribution in [2.75, 3.05) is 13.3 Å². The lowest BCUT2D eigenvalue weighted by Gasteiger charge is -2.04. The number of pyridine rings is 1. The summed E-state index contributed by atoms with van der Waals surface area (Å²) in [5, 5.41) is 8.61. The number of carbonyl (C=O) groups excluding carboxylic acids is 1. The topological polar surface area (TPSA) is 63.0 Å². The summed E-state index contributed by atoms with van der Waals surface area (Å²) in [6, 6.07) is 3.24. The van der Waals surface area contributed by atoms with Crippen LogP contribution >= 0.6 is 0 Å². The number of ether oxygens (including phenoxy) is 1. The van der Waals surface area contributed by atoms with Crippen LogP contribution in [-0.2, 0) is 4.74 Å². The highest BCUT2D eigenvalue weighted by atomic mass is 19.1. The maximum Gasteiger partial charge on any atom is 0.340 e. The summed E-state index contributed by atoms with van der Waals surface area (Å²) in [7, 11) is 0. The Balaban J connectivity index is 2.93. The Kier molecular flexibility index (Phi) is 3.75. The van der Waals surface area contributed by atoms with Crippen molar-refractivity contribution in [1.29, 1.82) is 5.26 Å². The molecule has 0 bridgehead atoms. The molecule has 0 aliphatic rings. The van der Waals surface area contributed by atoms with Crippen molar-refractivity contribution in [2.24, 2.45) is 0 Å². The van der Waals surface area contributed by atoms with Crippen LogP contribution in [-0.4, -0.2) is 24.2 Å². The molecular weight excluding hydrogens is 199 g/mol. The molecule has 0 saturated heterocycles. The third-order valence-electron chi connectivity index (χ3n) is 1.75. The zero-order valence-corrected chi connectivity index (χ0v) is 8.16. The van der Waals surface area contributed by atoms with Gasteiger partial charge >= 0.3 is 5.97 Å². The minimum atomic E-state index is -0.726. The number of aryl methyl sites for hydroxylation is 1. The predicted octanol–water partition coefficient (Wildman–Crippen LogP) is 1.39. The van der Waals surface area contributed by atoms with E-state index < -0.39 is 12.6 Å². The monoisotopic (exact) mass is 208 g/mol. The van der Waals surface area contributed by atoms with Gasteiger partial charge < -0.3 is 4.74 Å². The number of hydrogen-bond acceptors (Lipinski definition) is 4. The number of rotatable bonds is 3. The van der Waals surface area contributed by atoms with Crippen LogP contribution in [0.3, 0.4) is 0 Å². The lowest BCUT2D eigenvalue weighted by Crippen LogP contribution is -2.10. The van der Waals surface area contributed by atoms with Crippen LogP contribution in [0.2, 0.25) is 0 Å². The normalized spacial score (nSPS) is 9.40. The quantitative estimate of drug-likeness (QED) is 0.704. The second-order valence-electron chi connectivity index (χ2n) is 2.79. The van der Waals surface area contributed by atoms with Gasteiger partial charge in [-0.3, -0.25) is 4.98 Å². The van der Waals surface area contributed by atoms with Gasteiger partial charge in [-0.25, -0.2) is 9.18 Å². The van der Waals surface area contributed by atoms with E-state index in [1.54, 1.807) is 6.92 Å². The first kappa shape index (κ1) is 11.1. The molecule has 0 radical (unpaired) electrons. The average Bonchev–Trinajstić information content (AvgIpc) is 2.26. The Morgan fingerprint density at radius 3 is 3.07 bits per heavy atom. The summed E-state index contributed by atoms with van der Waals surface area (Å²) >= 11 is 0. The first-order valence-electron chi connectivity index (χ1n) is 4.29. The Morgan fingerprint density at radius 1 is 1.73 bits per heavy atom. The minimum absolute atomic E-state index is 0.197. The number of nitrogens with zero attached hydrogens (tertiary/aromatic N) is 2. The lowest BCUT2D eigenvalue weighted by molar-refractivity contribution is 0.0479. The maximum atomic E-state index is 11.8. The molecule has 1 heterocycles. The highest BCUT2D eigenvalue weighted by molar-refractivity contribution is 5.90. The van der Waals surface area contributed by atoms with Crippen molar-refractivity contribution < 1.29 is 13.9 Å². The molecule has 5 heteroatoms. The van der Waals surface area contributed by atoms with E-state index in [-0.39, 0.29) is 17.7 Å². The standard InChI is InChI=1S/C10H9FN2O2/c1-7-9(10(14)15-3-2-11)4-8(5-12)6-13-7/h4,6H,2-3H2,1H3. The highest BCUT2D eigenvalue weighted by Gasteiger charge is 2.12. The molecule has 0 atom stereocenters. The zero-order valence-electron chi connectivity index (χ0n) is 8.16. The Labute approximate surface area is 86.3 Å². The SMILES string of the molecule is Cc1ncc(C#N)cc1C(=O)OCCF. The van der Waals surface area contributed by atoms with Crippen LogP contribution in [0.1, 0.15) is 21.6 Å². The van der Waals surface area contributed by atoms with Gasteiger partial charge in [0.15, 0.2) is 0 Å². The van der Waals surface area contributed by atoms with Crippen molar-refractivity contribution >= 4 is 5.97 Å². The minimum Gasteiger partial charge on any atom is -0.459 e. The van der Waals surface area contributed by atoms with E-state index in [0.29, 0.717) is 5.69 Å². The van der Waals surface area contributed by atoms with Gasteiger partial charge in [0, 0.05) is 6.20 Å². The molecule has 0 amide bonds. The third kappa shape index (κ3) is 2.74. The van der Waals surface area contributed by atoms with Crippen LogP contribution in [0.4, 0.5) is 4.39 Å². The maximum absolute atomic E-state index is 11.8. The largest absolute Gasteiger partial charge is 0.459 e.